The van der Waals surface area contributed by atoms with Gasteiger partial charge in [-0.1, -0.05) is 6.07 Å². The molecule has 1 aromatic carbocycles. The molecule has 0 heterocycles. The Morgan fingerprint density at radius 1 is 1.25 bits per heavy atom. The number of halogens is 1. The third-order valence-corrected chi connectivity index (χ3v) is 3.93. The Balaban J connectivity index is 2.12. The van der Waals surface area contributed by atoms with Gasteiger partial charge in [-0.15, -0.1) is 0 Å². The largest absolute Gasteiger partial charge is 0.492 e. The van der Waals surface area contributed by atoms with E-state index in [0.29, 0.717) is 31.5 Å². The molecule has 0 aliphatic heterocycles. The highest BCUT2D eigenvalue weighted by atomic mass is 19.1. The maximum atomic E-state index is 13.0. The first-order valence-electron chi connectivity index (χ1n) is 8.47. The topological polar surface area (TPSA) is 44.8 Å². The number of benzene rings is 1. The first-order chi connectivity index (χ1) is 11.4. The van der Waals surface area contributed by atoms with Crippen LogP contribution >= 0.6 is 0 Å². The van der Waals surface area contributed by atoms with Crippen molar-refractivity contribution in [1.29, 1.82) is 0 Å². The number of carbonyl (C=O) groups is 1. The molecule has 136 valence electrons. The summed E-state index contributed by atoms with van der Waals surface area (Å²) in [5.41, 5.74) is 0. The summed E-state index contributed by atoms with van der Waals surface area (Å²) in [5, 5.41) is 2.90. The van der Waals surface area contributed by atoms with Crippen LogP contribution in [0.25, 0.3) is 0 Å². The fraction of sp³-hybridized carbons (Fsp3) is 0.611. The summed E-state index contributed by atoms with van der Waals surface area (Å²) >= 11 is 0. The second-order valence-electron chi connectivity index (χ2n) is 6.24. The molecule has 2 amide bonds. The number of amides is 2. The van der Waals surface area contributed by atoms with Crippen LogP contribution in [0.5, 0.6) is 5.75 Å². The van der Waals surface area contributed by atoms with Gasteiger partial charge < -0.3 is 19.9 Å². The molecule has 0 atom stereocenters. The molecule has 5 nitrogen and oxygen atoms in total. The van der Waals surface area contributed by atoms with Crippen LogP contribution in [0.4, 0.5) is 9.18 Å². The summed E-state index contributed by atoms with van der Waals surface area (Å²) in [6, 6.07) is 6.41. The van der Waals surface area contributed by atoms with Gasteiger partial charge in [0.15, 0.2) is 0 Å². The van der Waals surface area contributed by atoms with Crippen molar-refractivity contribution in [2.24, 2.45) is 0 Å². The van der Waals surface area contributed by atoms with Crippen LogP contribution in [0.15, 0.2) is 24.3 Å². The van der Waals surface area contributed by atoms with Crippen molar-refractivity contribution in [3.05, 3.63) is 30.1 Å². The lowest BCUT2D eigenvalue weighted by molar-refractivity contribution is 0.195. The third kappa shape index (κ3) is 8.15. The van der Waals surface area contributed by atoms with E-state index in [1.807, 2.05) is 0 Å². The first kappa shape index (κ1) is 20.2. The van der Waals surface area contributed by atoms with E-state index in [0.717, 1.165) is 19.4 Å². The van der Waals surface area contributed by atoms with Crippen molar-refractivity contribution in [2.45, 2.75) is 32.7 Å². The van der Waals surface area contributed by atoms with Crippen molar-refractivity contribution in [2.75, 3.05) is 40.3 Å². The molecule has 24 heavy (non-hydrogen) atoms. The summed E-state index contributed by atoms with van der Waals surface area (Å²) in [6.07, 6.45) is 2.01. The highest BCUT2D eigenvalue weighted by Gasteiger charge is 2.08. The Morgan fingerprint density at radius 3 is 2.67 bits per heavy atom. The number of urea groups is 1. The molecule has 6 heteroatoms. The Kier molecular flexibility index (Phi) is 9.15. The molecule has 0 unspecified atom stereocenters. The van der Waals surface area contributed by atoms with E-state index in [1.165, 1.54) is 12.1 Å². The lowest BCUT2D eigenvalue weighted by atomic mass is 10.2. The minimum absolute atomic E-state index is 0.116. The highest BCUT2D eigenvalue weighted by Crippen LogP contribution is 2.11. The van der Waals surface area contributed by atoms with Crippen molar-refractivity contribution < 1.29 is 13.9 Å². The van der Waals surface area contributed by atoms with Gasteiger partial charge in [0, 0.05) is 25.7 Å². The molecule has 0 aliphatic carbocycles. The van der Waals surface area contributed by atoms with Crippen LogP contribution in [0.1, 0.15) is 26.7 Å². The van der Waals surface area contributed by atoms with Gasteiger partial charge in [-0.25, -0.2) is 9.18 Å². The predicted molar refractivity (Wildman–Crippen MR) is 94.9 cm³/mol. The molecule has 0 aromatic heterocycles. The van der Waals surface area contributed by atoms with Crippen LogP contribution in [-0.4, -0.2) is 62.2 Å². The number of unbranched alkanes of at least 4 members (excludes halogenated alkanes) is 1. The van der Waals surface area contributed by atoms with Crippen LogP contribution in [0, 0.1) is 5.82 Å². The van der Waals surface area contributed by atoms with Gasteiger partial charge in [0.05, 0.1) is 6.54 Å². The molecule has 0 aliphatic rings. The van der Waals surface area contributed by atoms with Crippen molar-refractivity contribution in [1.82, 2.24) is 15.1 Å². The summed E-state index contributed by atoms with van der Waals surface area (Å²) in [7, 11) is 3.83. The monoisotopic (exact) mass is 339 g/mol. The molecule has 0 saturated heterocycles. The van der Waals surface area contributed by atoms with Gasteiger partial charge in [-0.2, -0.15) is 0 Å². The second-order valence-corrected chi connectivity index (χ2v) is 6.24. The first-order valence-corrected chi connectivity index (χ1v) is 8.47. The lowest BCUT2D eigenvalue weighted by Gasteiger charge is -2.21. The van der Waals surface area contributed by atoms with Gasteiger partial charge in [0.1, 0.15) is 18.2 Å². The van der Waals surface area contributed by atoms with Crippen LogP contribution in [0.3, 0.4) is 0 Å². The van der Waals surface area contributed by atoms with E-state index in [1.54, 1.807) is 24.1 Å². The Labute approximate surface area is 144 Å². The molecule has 1 aromatic rings. The zero-order chi connectivity index (χ0) is 17.9. The fourth-order valence-electron chi connectivity index (χ4n) is 2.03. The average Bonchev–Trinajstić information content (AvgIpc) is 2.53. The van der Waals surface area contributed by atoms with E-state index in [9.17, 15) is 9.18 Å². The predicted octanol–water partition coefficient (Wildman–Crippen LogP) is 2.97. The number of hydrogen-bond donors (Lipinski definition) is 1. The molecule has 0 saturated carbocycles. The zero-order valence-corrected chi connectivity index (χ0v) is 15.2. The Morgan fingerprint density at radius 2 is 2.00 bits per heavy atom. The molecular weight excluding hydrogens is 309 g/mol. The van der Waals surface area contributed by atoms with E-state index in [-0.39, 0.29) is 11.8 Å². The number of nitrogens with zero attached hydrogens (tertiary/aromatic N) is 2. The summed E-state index contributed by atoms with van der Waals surface area (Å²) in [6.45, 7) is 6.81. The molecular formula is C18H30FN3O2. The molecule has 0 fully saturated rings. The number of hydrogen-bond acceptors (Lipinski definition) is 3. The SMILES string of the molecule is CC(C)N(C)CCCCNC(=O)N(C)CCOc1cccc(F)c1. The van der Waals surface area contributed by atoms with Gasteiger partial charge in [0.2, 0.25) is 0 Å². The summed E-state index contributed by atoms with van der Waals surface area (Å²) < 4.78 is 18.5. The van der Waals surface area contributed by atoms with E-state index >= 15 is 0 Å². The minimum Gasteiger partial charge on any atom is -0.492 e. The summed E-state index contributed by atoms with van der Waals surface area (Å²) in [4.78, 5) is 15.8. The molecule has 0 radical (unpaired) electrons. The normalized spacial score (nSPS) is 11.0. The quantitative estimate of drug-likeness (QED) is 0.667. The second kappa shape index (κ2) is 10.9. The number of likely N-dealkylation sites (N-methyl/N-ethyl adjacent to an activating group) is 1. The van der Waals surface area contributed by atoms with Crippen LogP contribution in [0.2, 0.25) is 0 Å². The Hall–Kier alpha value is -1.82. The van der Waals surface area contributed by atoms with Crippen LogP contribution < -0.4 is 10.1 Å². The van der Waals surface area contributed by atoms with Crippen molar-refractivity contribution in [3.8, 4) is 5.75 Å². The molecule has 1 N–H and O–H groups in total. The number of ether oxygens (including phenoxy) is 1. The third-order valence-electron chi connectivity index (χ3n) is 3.93. The van der Waals surface area contributed by atoms with Crippen molar-refractivity contribution >= 4 is 6.03 Å². The average molecular weight is 339 g/mol. The highest BCUT2D eigenvalue weighted by molar-refractivity contribution is 5.73. The number of rotatable bonds is 10. The van der Waals surface area contributed by atoms with E-state index in [4.69, 9.17) is 4.74 Å². The fourth-order valence-corrected chi connectivity index (χ4v) is 2.03. The van der Waals surface area contributed by atoms with Crippen molar-refractivity contribution in [3.63, 3.8) is 0 Å². The maximum absolute atomic E-state index is 13.0. The molecule has 1 rings (SSSR count). The van der Waals surface area contributed by atoms with E-state index < -0.39 is 0 Å². The summed E-state index contributed by atoms with van der Waals surface area (Å²) in [5.74, 6) is 0.139. The molecule has 0 bridgehead atoms. The molecule has 0 spiro atoms. The van der Waals surface area contributed by atoms with Crippen LogP contribution in [-0.2, 0) is 0 Å². The van der Waals surface area contributed by atoms with Gasteiger partial charge in [-0.3, -0.25) is 0 Å². The zero-order valence-electron chi connectivity index (χ0n) is 15.2. The number of nitrogens with one attached hydrogen (secondary N) is 1. The lowest BCUT2D eigenvalue weighted by Crippen LogP contribution is -2.40. The minimum atomic E-state index is -0.332. The van der Waals surface area contributed by atoms with Gasteiger partial charge >= 0.3 is 6.03 Å². The standard InChI is InChI=1S/C18H30FN3O2/c1-15(2)21(3)11-6-5-10-20-18(23)22(4)12-13-24-17-9-7-8-16(19)14-17/h7-9,14-15H,5-6,10-13H2,1-4H3,(H,20,23). The van der Waals surface area contributed by atoms with E-state index in [2.05, 4.69) is 31.1 Å². The maximum Gasteiger partial charge on any atom is 0.317 e. The van der Waals surface area contributed by atoms with Gasteiger partial charge in [-0.05, 0) is 52.4 Å². The Bertz CT molecular complexity index is 497. The van der Waals surface area contributed by atoms with Gasteiger partial charge in [0.25, 0.3) is 0 Å². The smallest absolute Gasteiger partial charge is 0.317 e. The number of carbonyl (C=O) groups excluding carboxylic acids is 1.